The summed E-state index contributed by atoms with van der Waals surface area (Å²) in [5.41, 5.74) is 8.01. The van der Waals surface area contributed by atoms with E-state index < -0.39 is 0 Å². The Balaban J connectivity index is 1.77. The number of anilines is 1. The molecular weight excluding hydrogens is 308 g/mol. The zero-order valence-electron chi connectivity index (χ0n) is 11.1. The number of para-hydroxylation sites is 2. The van der Waals surface area contributed by atoms with Gasteiger partial charge in [0.2, 0.25) is 0 Å². The highest BCUT2D eigenvalue weighted by Crippen LogP contribution is 2.28. The fourth-order valence-electron chi connectivity index (χ4n) is 2.11. The lowest BCUT2D eigenvalue weighted by Gasteiger charge is -2.06. The maximum atomic E-state index is 11.8. The number of halogens is 1. The van der Waals surface area contributed by atoms with Crippen molar-refractivity contribution in [2.24, 2.45) is 0 Å². The predicted octanol–water partition coefficient (Wildman–Crippen LogP) is 3.62. The summed E-state index contributed by atoms with van der Waals surface area (Å²) >= 11 is 7.53. The van der Waals surface area contributed by atoms with Crippen molar-refractivity contribution in [2.75, 3.05) is 11.5 Å². The van der Waals surface area contributed by atoms with Crippen LogP contribution in [0.25, 0.3) is 11.1 Å². The van der Waals surface area contributed by atoms with Gasteiger partial charge in [0.05, 0.1) is 5.52 Å². The molecule has 0 spiro atoms. The predicted molar refractivity (Wildman–Crippen MR) is 87.1 cm³/mol. The molecule has 0 unspecified atom stereocenters. The molecule has 0 bridgehead atoms. The van der Waals surface area contributed by atoms with E-state index in [4.69, 9.17) is 21.8 Å². The van der Waals surface area contributed by atoms with E-state index >= 15 is 0 Å². The molecule has 0 amide bonds. The third-order valence-corrected chi connectivity index (χ3v) is 4.41. The van der Waals surface area contributed by atoms with Crippen LogP contribution in [0.5, 0.6) is 0 Å². The van der Waals surface area contributed by atoms with E-state index in [9.17, 15) is 4.79 Å². The molecule has 3 rings (SSSR count). The number of nitrogens with two attached hydrogens (primary N) is 1. The largest absolute Gasteiger partial charge is 0.419 e. The molecule has 0 saturated carbocycles. The van der Waals surface area contributed by atoms with Crippen molar-refractivity contribution in [2.45, 2.75) is 11.4 Å². The Labute approximate surface area is 130 Å². The van der Waals surface area contributed by atoms with Crippen molar-refractivity contribution in [3.63, 3.8) is 0 Å². The number of rotatable bonds is 4. The van der Waals surface area contributed by atoms with Crippen LogP contribution in [-0.2, 0) is 6.54 Å². The lowest BCUT2D eigenvalue weighted by molar-refractivity contribution is 0.514. The number of benzene rings is 2. The van der Waals surface area contributed by atoms with Gasteiger partial charge in [-0.2, -0.15) is 0 Å². The normalized spacial score (nSPS) is 11.1. The summed E-state index contributed by atoms with van der Waals surface area (Å²) in [6, 6.07) is 12.8. The highest BCUT2D eigenvalue weighted by molar-refractivity contribution is 7.99. The van der Waals surface area contributed by atoms with Crippen LogP contribution >= 0.6 is 23.4 Å². The number of aromatic nitrogens is 1. The van der Waals surface area contributed by atoms with Gasteiger partial charge in [-0.05, 0) is 30.3 Å². The minimum Gasteiger partial charge on any atom is -0.408 e. The van der Waals surface area contributed by atoms with Gasteiger partial charge >= 0.3 is 5.76 Å². The SMILES string of the molecule is Nc1ccc(Cl)cc1SCCn1c(=O)oc2ccccc21. The van der Waals surface area contributed by atoms with Crippen LogP contribution in [0.3, 0.4) is 0 Å². The van der Waals surface area contributed by atoms with E-state index in [1.54, 1.807) is 34.5 Å². The number of hydrogen-bond acceptors (Lipinski definition) is 4. The second-order valence-corrected chi connectivity index (χ2v) is 6.09. The third kappa shape index (κ3) is 2.94. The molecule has 3 aromatic rings. The minimum absolute atomic E-state index is 0.337. The van der Waals surface area contributed by atoms with Crippen LogP contribution in [0, 0.1) is 0 Å². The van der Waals surface area contributed by atoms with Crippen molar-refractivity contribution in [1.82, 2.24) is 4.57 Å². The van der Waals surface area contributed by atoms with Gasteiger partial charge in [0.1, 0.15) is 0 Å². The molecule has 2 aromatic carbocycles. The van der Waals surface area contributed by atoms with E-state index in [1.165, 1.54) is 0 Å². The fourth-order valence-corrected chi connectivity index (χ4v) is 3.28. The van der Waals surface area contributed by atoms with Crippen LogP contribution in [0.4, 0.5) is 5.69 Å². The summed E-state index contributed by atoms with van der Waals surface area (Å²) in [6.07, 6.45) is 0. The number of fused-ring (bicyclic) bond motifs is 1. The molecule has 4 nitrogen and oxygen atoms in total. The Bertz CT molecular complexity index is 841. The topological polar surface area (TPSA) is 61.2 Å². The van der Waals surface area contributed by atoms with Gasteiger partial charge in [0.15, 0.2) is 5.58 Å². The zero-order valence-corrected chi connectivity index (χ0v) is 12.7. The Hall–Kier alpha value is -1.85. The summed E-state index contributed by atoms with van der Waals surface area (Å²) in [6.45, 7) is 0.548. The van der Waals surface area contributed by atoms with Crippen LogP contribution in [0.15, 0.2) is 56.6 Å². The number of nitrogens with zero attached hydrogens (tertiary/aromatic N) is 1. The number of thioether (sulfide) groups is 1. The quantitative estimate of drug-likeness (QED) is 0.589. The van der Waals surface area contributed by atoms with Crippen LogP contribution in [0.1, 0.15) is 0 Å². The second kappa shape index (κ2) is 5.87. The van der Waals surface area contributed by atoms with Gasteiger partial charge in [-0.15, -0.1) is 11.8 Å². The van der Waals surface area contributed by atoms with Crippen molar-refractivity contribution in [1.29, 1.82) is 0 Å². The van der Waals surface area contributed by atoms with Gasteiger partial charge in [0, 0.05) is 27.9 Å². The molecule has 21 heavy (non-hydrogen) atoms. The van der Waals surface area contributed by atoms with E-state index in [2.05, 4.69) is 0 Å². The van der Waals surface area contributed by atoms with Gasteiger partial charge in [-0.1, -0.05) is 23.7 Å². The Morgan fingerprint density at radius 1 is 1.24 bits per heavy atom. The molecular formula is C15H13ClN2O2S. The molecule has 0 radical (unpaired) electrons. The minimum atomic E-state index is -0.337. The molecule has 0 saturated heterocycles. The maximum Gasteiger partial charge on any atom is 0.419 e. The van der Waals surface area contributed by atoms with E-state index in [-0.39, 0.29) is 5.76 Å². The highest BCUT2D eigenvalue weighted by Gasteiger charge is 2.08. The molecule has 6 heteroatoms. The molecule has 0 atom stereocenters. The van der Waals surface area contributed by atoms with Crippen molar-refractivity contribution < 1.29 is 4.42 Å². The van der Waals surface area contributed by atoms with Crippen LogP contribution in [-0.4, -0.2) is 10.3 Å². The summed E-state index contributed by atoms with van der Waals surface area (Å²) in [5, 5.41) is 0.651. The molecule has 0 fully saturated rings. The van der Waals surface area contributed by atoms with Crippen molar-refractivity contribution in [3.05, 3.63) is 58.0 Å². The number of nitrogen functional groups attached to an aromatic ring is 1. The van der Waals surface area contributed by atoms with E-state index in [1.807, 2.05) is 24.3 Å². The third-order valence-electron chi connectivity index (χ3n) is 3.12. The number of oxazole rings is 1. The monoisotopic (exact) mass is 320 g/mol. The lowest BCUT2D eigenvalue weighted by Crippen LogP contribution is -2.15. The summed E-state index contributed by atoms with van der Waals surface area (Å²) in [5.74, 6) is 0.365. The lowest BCUT2D eigenvalue weighted by atomic mass is 10.3. The summed E-state index contributed by atoms with van der Waals surface area (Å²) in [4.78, 5) is 12.8. The molecule has 2 N–H and O–H groups in total. The van der Waals surface area contributed by atoms with E-state index in [0.29, 0.717) is 28.6 Å². The molecule has 0 aliphatic carbocycles. The average molecular weight is 321 g/mol. The maximum absolute atomic E-state index is 11.8. The van der Waals surface area contributed by atoms with Gasteiger partial charge < -0.3 is 10.2 Å². The van der Waals surface area contributed by atoms with Gasteiger partial charge in [-0.25, -0.2) is 4.79 Å². The first-order chi connectivity index (χ1) is 10.1. The number of aryl methyl sites for hydroxylation is 1. The smallest absolute Gasteiger partial charge is 0.408 e. The van der Waals surface area contributed by atoms with Gasteiger partial charge in [-0.3, -0.25) is 4.57 Å². The van der Waals surface area contributed by atoms with E-state index in [0.717, 1.165) is 10.4 Å². The Morgan fingerprint density at radius 3 is 2.90 bits per heavy atom. The Morgan fingerprint density at radius 2 is 2.05 bits per heavy atom. The molecule has 1 heterocycles. The summed E-state index contributed by atoms with van der Waals surface area (Å²) < 4.78 is 6.83. The van der Waals surface area contributed by atoms with Gasteiger partial charge in [0.25, 0.3) is 0 Å². The highest BCUT2D eigenvalue weighted by atomic mass is 35.5. The van der Waals surface area contributed by atoms with Crippen LogP contribution in [0.2, 0.25) is 5.02 Å². The van der Waals surface area contributed by atoms with Crippen molar-refractivity contribution in [3.8, 4) is 0 Å². The van der Waals surface area contributed by atoms with Crippen LogP contribution < -0.4 is 11.5 Å². The first-order valence-electron chi connectivity index (χ1n) is 6.41. The van der Waals surface area contributed by atoms with Crippen molar-refractivity contribution >= 4 is 40.1 Å². The molecule has 1 aromatic heterocycles. The molecule has 108 valence electrons. The number of hydrogen-bond donors (Lipinski definition) is 1. The second-order valence-electron chi connectivity index (χ2n) is 4.52. The first kappa shape index (κ1) is 14.1. The molecule has 0 aliphatic heterocycles. The summed E-state index contributed by atoms with van der Waals surface area (Å²) in [7, 11) is 0. The molecule has 0 aliphatic rings. The standard InChI is InChI=1S/C15H13ClN2O2S/c16-10-5-6-11(17)14(9-10)21-8-7-18-12-3-1-2-4-13(12)20-15(18)19/h1-6,9H,7-8,17H2. The average Bonchev–Trinajstić information content (AvgIpc) is 2.79. The fraction of sp³-hybridized carbons (Fsp3) is 0.133. The first-order valence-corrected chi connectivity index (χ1v) is 7.78. The Kier molecular flexibility index (Phi) is 3.94. The zero-order chi connectivity index (χ0) is 14.8.